The van der Waals surface area contributed by atoms with E-state index in [9.17, 15) is 13.6 Å². The maximum absolute atomic E-state index is 13.2. The third-order valence-electron chi connectivity index (χ3n) is 4.04. The number of thioether (sulfide) groups is 1. The van der Waals surface area contributed by atoms with Gasteiger partial charge in [-0.25, -0.2) is 8.78 Å². The molecule has 0 bridgehead atoms. The van der Waals surface area contributed by atoms with Gasteiger partial charge in [0, 0.05) is 24.5 Å². The molecule has 0 saturated carbocycles. The Hall–Kier alpha value is -2.08. The van der Waals surface area contributed by atoms with E-state index in [4.69, 9.17) is 0 Å². The number of hydrogen-bond donors (Lipinski definition) is 0. The molecule has 0 radical (unpaired) electrons. The Morgan fingerprint density at radius 1 is 1.08 bits per heavy atom. The molecule has 126 valence electrons. The molecule has 6 heteroatoms. The summed E-state index contributed by atoms with van der Waals surface area (Å²) in [6.45, 7) is 4.40. The molecule has 0 atom stereocenters. The molecule has 3 nitrogen and oxygen atoms in total. The fourth-order valence-electron chi connectivity index (χ4n) is 2.80. The minimum Gasteiger partial charge on any atom is -0.368 e. The van der Waals surface area contributed by atoms with Crippen LogP contribution in [-0.2, 0) is 4.79 Å². The molecule has 0 N–H and O–H groups in total. The molecule has 1 heterocycles. The monoisotopic (exact) mass is 348 g/mol. The fraction of sp³-hybridized carbons (Fsp3) is 0.278. The Balaban J connectivity index is 1.72. The highest BCUT2D eigenvalue weighted by Gasteiger charge is 2.25. The third kappa shape index (κ3) is 3.38. The molecular weight excluding hydrogens is 330 g/mol. The van der Waals surface area contributed by atoms with Gasteiger partial charge in [-0.3, -0.25) is 4.79 Å². The van der Waals surface area contributed by atoms with Gasteiger partial charge in [0.05, 0.1) is 17.1 Å². The Morgan fingerprint density at radius 2 is 1.83 bits per heavy atom. The quantitative estimate of drug-likeness (QED) is 0.782. The van der Waals surface area contributed by atoms with E-state index in [-0.39, 0.29) is 11.7 Å². The van der Waals surface area contributed by atoms with E-state index >= 15 is 0 Å². The lowest BCUT2D eigenvalue weighted by atomic mass is 10.1. The van der Waals surface area contributed by atoms with E-state index in [0.29, 0.717) is 11.4 Å². The summed E-state index contributed by atoms with van der Waals surface area (Å²) >= 11 is 1.21. The highest BCUT2D eigenvalue weighted by atomic mass is 32.2. The number of para-hydroxylation sites is 2. The van der Waals surface area contributed by atoms with Crippen molar-refractivity contribution in [2.75, 3.05) is 35.2 Å². The van der Waals surface area contributed by atoms with Gasteiger partial charge in [-0.05, 0) is 37.3 Å². The average molecular weight is 348 g/mol. The van der Waals surface area contributed by atoms with Gasteiger partial charge in [0.1, 0.15) is 0 Å². The topological polar surface area (TPSA) is 23.6 Å². The summed E-state index contributed by atoms with van der Waals surface area (Å²) in [6, 6.07) is 11.5. The van der Waals surface area contributed by atoms with Crippen LogP contribution in [0.2, 0.25) is 0 Å². The summed E-state index contributed by atoms with van der Waals surface area (Å²) in [5.74, 6) is -1.62. The van der Waals surface area contributed by atoms with Crippen molar-refractivity contribution in [1.82, 2.24) is 0 Å². The zero-order valence-corrected chi connectivity index (χ0v) is 14.2. The first-order valence-corrected chi connectivity index (χ1v) is 8.81. The lowest BCUT2D eigenvalue weighted by Gasteiger charge is -2.37. The number of carbonyl (C=O) groups is 1. The maximum atomic E-state index is 13.2. The molecule has 3 rings (SSSR count). The number of nitrogens with zero attached hydrogens (tertiary/aromatic N) is 2. The summed E-state index contributed by atoms with van der Waals surface area (Å²) in [5, 5.41) is 0. The lowest BCUT2D eigenvalue weighted by molar-refractivity contribution is -0.116. The van der Waals surface area contributed by atoms with Crippen LogP contribution in [-0.4, -0.2) is 31.3 Å². The molecule has 0 spiro atoms. The number of hydrogen-bond acceptors (Lipinski definition) is 3. The maximum Gasteiger partial charge on any atom is 0.237 e. The Labute approximate surface area is 144 Å². The van der Waals surface area contributed by atoms with Crippen molar-refractivity contribution in [3.8, 4) is 0 Å². The summed E-state index contributed by atoms with van der Waals surface area (Å²) in [7, 11) is 0. The van der Waals surface area contributed by atoms with Crippen molar-refractivity contribution in [3.05, 3.63) is 54.1 Å². The van der Waals surface area contributed by atoms with Gasteiger partial charge in [-0.15, -0.1) is 11.8 Å². The van der Waals surface area contributed by atoms with Crippen molar-refractivity contribution >= 4 is 29.0 Å². The predicted octanol–water partition coefficient (Wildman–Crippen LogP) is 3.93. The average Bonchev–Trinajstić information content (AvgIpc) is 2.61. The van der Waals surface area contributed by atoms with Crippen LogP contribution in [0.5, 0.6) is 0 Å². The van der Waals surface area contributed by atoms with Gasteiger partial charge in [0.25, 0.3) is 0 Å². The standard InChI is InChI=1S/C18H18F2N2OS/c1-2-21-9-10-22(17-6-4-3-5-16(17)21)18(23)12-24-13-7-8-14(19)15(20)11-13/h3-8,11H,2,9-10,12H2,1H3. The van der Waals surface area contributed by atoms with Crippen LogP contribution in [0.1, 0.15) is 6.92 Å². The Bertz CT molecular complexity index is 754. The second-order valence-electron chi connectivity index (χ2n) is 5.48. The molecule has 0 aliphatic carbocycles. The Morgan fingerprint density at radius 3 is 2.54 bits per heavy atom. The van der Waals surface area contributed by atoms with E-state index in [1.165, 1.54) is 17.8 Å². The normalized spacial score (nSPS) is 13.8. The van der Waals surface area contributed by atoms with E-state index < -0.39 is 11.6 Å². The molecule has 1 amide bonds. The number of amides is 1. The van der Waals surface area contributed by atoms with E-state index in [0.717, 1.165) is 36.6 Å². The van der Waals surface area contributed by atoms with Crippen molar-refractivity contribution < 1.29 is 13.6 Å². The second kappa shape index (κ2) is 7.21. The lowest BCUT2D eigenvalue weighted by Crippen LogP contribution is -2.44. The van der Waals surface area contributed by atoms with Crippen LogP contribution in [0.4, 0.5) is 20.2 Å². The van der Waals surface area contributed by atoms with E-state index in [2.05, 4.69) is 11.8 Å². The van der Waals surface area contributed by atoms with E-state index in [1.807, 2.05) is 24.3 Å². The molecule has 2 aromatic rings. The zero-order valence-electron chi connectivity index (χ0n) is 13.3. The number of carbonyl (C=O) groups excluding carboxylic acids is 1. The minimum absolute atomic E-state index is 0.0343. The van der Waals surface area contributed by atoms with Crippen LogP contribution < -0.4 is 9.80 Å². The summed E-state index contributed by atoms with van der Waals surface area (Å²) in [4.78, 5) is 17.2. The van der Waals surface area contributed by atoms with E-state index in [1.54, 1.807) is 4.90 Å². The molecule has 1 aliphatic heterocycles. The van der Waals surface area contributed by atoms with Crippen LogP contribution in [0.15, 0.2) is 47.4 Å². The number of benzene rings is 2. The minimum atomic E-state index is -0.894. The van der Waals surface area contributed by atoms with Crippen molar-refractivity contribution in [2.45, 2.75) is 11.8 Å². The first-order chi connectivity index (χ1) is 11.6. The molecule has 0 fully saturated rings. The van der Waals surface area contributed by atoms with Crippen molar-refractivity contribution in [3.63, 3.8) is 0 Å². The molecule has 1 aliphatic rings. The van der Waals surface area contributed by atoms with Gasteiger partial charge < -0.3 is 9.80 Å². The molecular formula is C18H18F2N2OS. The Kier molecular flexibility index (Phi) is 5.04. The fourth-order valence-corrected chi connectivity index (χ4v) is 3.60. The van der Waals surface area contributed by atoms with Crippen molar-refractivity contribution in [1.29, 1.82) is 0 Å². The third-order valence-corrected chi connectivity index (χ3v) is 5.02. The summed E-state index contributed by atoms with van der Waals surface area (Å²) < 4.78 is 26.2. The molecule has 2 aromatic carbocycles. The molecule has 0 unspecified atom stereocenters. The van der Waals surface area contributed by atoms with Gasteiger partial charge >= 0.3 is 0 Å². The highest BCUT2D eigenvalue weighted by Crippen LogP contribution is 2.33. The smallest absolute Gasteiger partial charge is 0.237 e. The van der Waals surface area contributed by atoms with Crippen LogP contribution in [0.25, 0.3) is 0 Å². The van der Waals surface area contributed by atoms with Crippen LogP contribution >= 0.6 is 11.8 Å². The molecule has 0 saturated heterocycles. The predicted molar refractivity (Wildman–Crippen MR) is 93.8 cm³/mol. The number of fused-ring (bicyclic) bond motifs is 1. The van der Waals surface area contributed by atoms with Gasteiger partial charge in [-0.2, -0.15) is 0 Å². The first kappa shape index (κ1) is 16.8. The number of anilines is 2. The van der Waals surface area contributed by atoms with Crippen LogP contribution in [0, 0.1) is 11.6 Å². The van der Waals surface area contributed by atoms with Gasteiger partial charge in [0.15, 0.2) is 11.6 Å². The number of rotatable bonds is 4. The SMILES string of the molecule is CCN1CCN(C(=O)CSc2ccc(F)c(F)c2)c2ccccc21. The first-order valence-electron chi connectivity index (χ1n) is 7.82. The van der Waals surface area contributed by atoms with Gasteiger partial charge in [0.2, 0.25) is 5.91 Å². The van der Waals surface area contributed by atoms with Gasteiger partial charge in [-0.1, -0.05) is 12.1 Å². The molecule has 24 heavy (non-hydrogen) atoms. The second-order valence-corrected chi connectivity index (χ2v) is 6.53. The molecule has 0 aromatic heterocycles. The largest absolute Gasteiger partial charge is 0.368 e. The highest BCUT2D eigenvalue weighted by molar-refractivity contribution is 8.00. The number of likely N-dealkylation sites (N-methyl/N-ethyl adjacent to an activating group) is 1. The summed E-state index contributed by atoms with van der Waals surface area (Å²) in [5.41, 5.74) is 1.96. The van der Waals surface area contributed by atoms with Crippen molar-refractivity contribution in [2.24, 2.45) is 0 Å². The zero-order chi connectivity index (χ0) is 17.1. The summed E-state index contributed by atoms with van der Waals surface area (Å²) in [6.07, 6.45) is 0. The number of halogens is 2. The van der Waals surface area contributed by atoms with Crippen LogP contribution in [0.3, 0.4) is 0 Å².